The van der Waals surface area contributed by atoms with Crippen LogP contribution in [0, 0.1) is 13.8 Å². The molecule has 4 nitrogen and oxygen atoms in total. The Morgan fingerprint density at radius 1 is 1.19 bits per heavy atom. The summed E-state index contributed by atoms with van der Waals surface area (Å²) >= 11 is 12.2. The van der Waals surface area contributed by atoms with Crippen molar-refractivity contribution >= 4 is 33.2 Å². The molecular formula is C14H22Cl2N2O2S. The maximum atomic E-state index is 12.4. The van der Waals surface area contributed by atoms with Gasteiger partial charge in [-0.2, -0.15) is 0 Å². The van der Waals surface area contributed by atoms with Crippen LogP contribution in [0.1, 0.15) is 31.4 Å². The van der Waals surface area contributed by atoms with E-state index < -0.39 is 10.0 Å². The van der Waals surface area contributed by atoms with E-state index in [2.05, 4.69) is 10.0 Å². The van der Waals surface area contributed by atoms with Crippen LogP contribution in [0.5, 0.6) is 0 Å². The van der Waals surface area contributed by atoms with E-state index in [1.807, 2.05) is 13.8 Å². The molecule has 1 rings (SSSR count). The smallest absolute Gasteiger partial charge is 0.242 e. The molecular weight excluding hydrogens is 331 g/mol. The van der Waals surface area contributed by atoms with Gasteiger partial charge in [-0.25, -0.2) is 13.1 Å². The zero-order valence-electron chi connectivity index (χ0n) is 12.8. The number of aryl methyl sites for hydroxylation is 1. The lowest BCUT2D eigenvalue weighted by atomic mass is 10.2. The highest BCUT2D eigenvalue weighted by atomic mass is 35.5. The molecule has 0 atom stereocenters. The molecule has 0 aliphatic carbocycles. The summed E-state index contributed by atoms with van der Waals surface area (Å²) in [5.41, 5.74) is 1.12. The lowest BCUT2D eigenvalue weighted by Gasteiger charge is -2.14. The first kappa shape index (κ1) is 18.7. The minimum atomic E-state index is -3.66. The summed E-state index contributed by atoms with van der Waals surface area (Å²) in [7, 11) is -3.66. The topological polar surface area (TPSA) is 58.2 Å². The van der Waals surface area contributed by atoms with E-state index in [0.717, 1.165) is 6.54 Å². The van der Waals surface area contributed by atoms with Crippen molar-refractivity contribution < 1.29 is 8.42 Å². The highest BCUT2D eigenvalue weighted by Gasteiger charge is 2.23. The monoisotopic (exact) mass is 352 g/mol. The molecule has 21 heavy (non-hydrogen) atoms. The number of benzene rings is 1. The van der Waals surface area contributed by atoms with Gasteiger partial charge >= 0.3 is 0 Å². The maximum absolute atomic E-state index is 12.4. The van der Waals surface area contributed by atoms with Crippen molar-refractivity contribution in [3.63, 3.8) is 0 Å². The van der Waals surface area contributed by atoms with E-state index >= 15 is 0 Å². The molecule has 0 radical (unpaired) electrons. The Balaban J connectivity index is 2.84. The third-order valence-corrected chi connectivity index (χ3v) is 5.68. The molecule has 1 aromatic rings. The van der Waals surface area contributed by atoms with E-state index in [1.165, 1.54) is 0 Å². The van der Waals surface area contributed by atoms with Gasteiger partial charge in [0.25, 0.3) is 0 Å². The molecule has 0 aromatic heterocycles. The molecule has 0 saturated carbocycles. The SMILES string of the molecule is Cc1cc(Cl)c(C)c(S(=O)(=O)NCCCNC(C)C)c1Cl. The van der Waals surface area contributed by atoms with E-state index in [9.17, 15) is 8.42 Å². The summed E-state index contributed by atoms with van der Waals surface area (Å²) < 4.78 is 27.4. The number of sulfonamides is 1. The van der Waals surface area contributed by atoms with Gasteiger partial charge in [0, 0.05) is 17.6 Å². The fourth-order valence-corrected chi connectivity index (χ4v) is 4.17. The summed E-state index contributed by atoms with van der Waals surface area (Å²) in [6.07, 6.45) is 0.702. The number of halogens is 2. The molecule has 0 unspecified atom stereocenters. The molecule has 7 heteroatoms. The van der Waals surface area contributed by atoms with Crippen LogP contribution in [-0.2, 0) is 10.0 Å². The Kier molecular flexibility index (Phi) is 6.94. The Morgan fingerprint density at radius 2 is 1.81 bits per heavy atom. The fourth-order valence-electron chi connectivity index (χ4n) is 1.89. The third kappa shape index (κ3) is 5.11. The molecule has 0 aliphatic rings. The molecule has 0 saturated heterocycles. The number of rotatable bonds is 7. The standard InChI is InChI=1S/C14H22Cl2N2O2S/c1-9(2)17-6-5-7-18-21(19,20)14-11(4)12(15)8-10(3)13(14)16/h8-9,17-18H,5-7H2,1-4H3. The van der Waals surface area contributed by atoms with Crippen LogP contribution in [0.25, 0.3) is 0 Å². The summed E-state index contributed by atoms with van der Waals surface area (Å²) in [6.45, 7) is 8.58. The van der Waals surface area contributed by atoms with E-state index in [1.54, 1.807) is 19.9 Å². The van der Waals surface area contributed by atoms with Gasteiger partial charge in [0.1, 0.15) is 4.90 Å². The van der Waals surface area contributed by atoms with Crippen molar-refractivity contribution in [3.8, 4) is 0 Å². The molecule has 2 N–H and O–H groups in total. The molecule has 0 aliphatic heterocycles. The normalized spacial score (nSPS) is 12.1. The Bertz CT molecular complexity index is 575. The predicted octanol–water partition coefficient (Wildman–Crippen LogP) is 3.28. The molecule has 0 heterocycles. The van der Waals surface area contributed by atoms with Crippen molar-refractivity contribution in [1.29, 1.82) is 0 Å². The molecule has 0 amide bonds. The van der Waals surface area contributed by atoms with Crippen LogP contribution in [-0.4, -0.2) is 27.5 Å². The highest BCUT2D eigenvalue weighted by molar-refractivity contribution is 7.89. The van der Waals surface area contributed by atoms with Crippen LogP contribution >= 0.6 is 23.2 Å². The van der Waals surface area contributed by atoms with Crippen LogP contribution < -0.4 is 10.0 Å². The van der Waals surface area contributed by atoms with Crippen molar-refractivity contribution in [1.82, 2.24) is 10.0 Å². The quantitative estimate of drug-likeness (QED) is 0.740. The summed E-state index contributed by atoms with van der Waals surface area (Å²) in [5.74, 6) is 0. The first-order valence-electron chi connectivity index (χ1n) is 6.85. The Hall–Kier alpha value is -0.330. The maximum Gasteiger partial charge on any atom is 0.242 e. The zero-order valence-corrected chi connectivity index (χ0v) is 15.1. The first-order valence-corrected chi connectivity index (χ1v) is 9.09. The van der Waals surface area contributed by atoms with Crippen LogP contribution in [0.15, 0.2) is 11.0 Å². The number of hydrogen-bond donors (Lipinski definition) is 2. The van der Waals surface area contributed by atoms with Crippen LogP contribution in [0.3, 0.4) is 0 Å². The number of nitrogens with one attached hydrogen (secondary N) is 2. The second-order valence-corrected chi connectivity index (χ2v) is 7.79. The lowest BCUT2D eigenvalue weighted by molar-refractivity contribution is 0.554. The van der Waals surface area contributed by atoms with Gasteiger partial charge in [-0.1, -0.05) is 37.0 Å². The van der Waals surface area contributed by atoms with Gasteiger partial charge in [0.2, 0.25) is 10.0 Å². The van der Waals surface area contributed by atoms with E-state index in [-0.39, 0.29) is 9.92 Å². The highest BCUT2D eigenvalue weighted by Crippen LogP contribution is 2.33. The van der Waals surface area contributed by atoms with Crippen molar-refractivity contribution in [2.24, 2.45) is 0 Å². The molecule has 0 spiro atoms. The van der Waals surface area contributed by atoms with Crippen molar-refractivity contribution in [2.75, 3.05) is 13.1 Å². The van der Waals surface area contributed by atoms with Gasteiger partial charge < -0.3 is 5.32 Å². The zero-order chi connectivity index (χ0) is 16.2. The lowest BCUT2D eigenvalue weighted by Crippen LogP contribution is -2.30. The second kappa shape index (κ2) is 7.79. The van der Waals surface area contributed by atoms with Gasteiger partial charge in [0.15, 0.2) is 0 Å². The largest absolute Gasteiger partial charge is 0.314 e. The number of hydrogen-bond acceptors (Lipinski definition) is 3. The van der Waals surface area contributed by atoms with Crippen LogP contribution in [0.4, 0.5) is 0 Å². The third-order valence-electron chi connectivity index (χ3n) is 3.05. The second-order valence-electron chi connectivity index (χ2n) is 5.30. The van der Waals surface area contributed by atoms with Gasteiger partial charge in [-0.15, -0.1) is 0 Å². The summed E-state index contributed by atoms with van der Waals surface area (Å²) in [5, 5.41) is 3.86. The van der Waals surface area contributed by atoms with E-state index in [4.69, 9.17) is 23.2 Å². The predicted molar refractivity (Wildman–Crippen MR) is 88.9 cm³/mol. The summed E-state index contributed by atoms with van der Waals surface area (Å²) in [6, 6.07) is 2.05. The average Bonchev–Trinajstić information content (AvgIpc) is 2.35. The Morgan fingerprint density at radius 3 is 2.38 bits per heavy atom. The minimum Gasteiger partial charge on any atom is -0.314 e. The first-order chi connectivity index (χ1) is 9.66. The van der Waals surface area contributed by atoms with Crippen molar-refractivity contribution in [2.45, 2.75) is 45.1 Å². The molecule has 120 valence electrons. The van der Waals surface area contributed by atoms with Gasteiger partial charge in [0.05, 0.1) is 5.02 Å². The van der Waals surface area contributed by atoms with Gasteiger partial charge in [-0.3, -0.25) is 0 Å². The van der Waals surface area contributed by atoms with Gasteiger partial charge in [-0.05, 0) is 44.0 Å². The fraction of sp³-hybridized carbons (Fsp3) is 0.571. The van der Waals surface area contributed by atoms with Crippen molar-refractivity contribution in [3.05, 3.63) is 27.2 Å². The molecule has 0 fully saturated rings. The molecule has 1 aromatic carbocycles. The summed E-state index contributed by atoms with van der Waals surface area (Å²) in [4.78, 5) is 0.0750. The Labute approximate surface area is 137 Å². The minimum absolute atomic E-state index is 0.0750. The molecule has 0 bridgehead atoms. The average molecular weight is 353 g/mol. The van der Waals surface area contributed by atoms with E-state index in [0.29, 0.717) is 35.2 Å². The van der Waals surface area contributed by atoms with Crippen LogP contribution in [0.2, 0.25) is 10.0 Å².